The Balaban J connectivity index is 1.62. The number of amides is 1. The number of esters is 1. The summed E-state index contributed by atoms with van der Waals surface area (Å²) in [6.45, 7) is 4.23. The molecule has 1 aliphatic rings. The van der Waals surface area contributed by atoms with E-state index in [1.54, 1.807) is 7.11 Å². The standard InChI is InChI=1S/C24H32NO4P/c1-18-13-21(28-3)14-19(2)24(18)25-22(26)16-30(11-7-8-12-30)17-23(27)29-15-20-9-5-4-6-10-20/h4-6,9-10,13-14,30H,7-8,11-12,15-17H2,1-3H3,(H,25,26). The molecule has 1 N–H and O–H groups in total. The number of carbonyl (C=O) groups excluding carboxylic acids is 2. The van der Waals surface area contributed by atoms with Crippen LogP contribution in [0.5, 0.6) is 5.75 Å². The molecule has 1 aliphatic heterocycles. The summed E-state index contributed by atoms with van der Waals surface area (Å²) in [6.07, 6.45) is 5.13. The molecule has 1 amide bonds. The fourth-order valence-electron chi connectivity index (χ4n) is 4.40. The Morgan fingerprint density at radius 3 is 2.23 bits per heavy atom. The summed E-state index contributed by atoms with van der Waals surface area (Å²) < 4.78 is 10.8. The first-order chi connectivity index (χ1) is 14.4. The van der Waals surface area contributed by atoms with Gasteiger partial charge in [0.25, 0.3) is 0 Å². The fourth-order valence-corrected chi connectivity index (χ4v) is 8.97. The third-order valence-corrected chi connectivity index (χ3v) is 10.9. The van der Waals surface area contributed by atoms with Crippen LogP contribution in [-0.4, -0.2) is 43.6 Å². The summed E-state index contributed by atoms with van der Waals surface area (Å²) in [7, 11) is -0.377. The fraction of sp³-hybridized carbons (Fsp3) is 0.417. The van der Waals surface area contributed by atoms with Gasteiger partial charge in [-0.15, -0.1) is 0 Å². The zero-order valence-corrected chi connectivity index (χ0v) is 19.1. The van der Waals surface area contributed by atoms with E-state index in [0.29, 0.717) is 18.9 Å². The van der Waals surface area contributed by atoms with E-state index in [2.05, 4.69) is 5.32 Å². The van der Waals surface area contributed by atoms with E-state index in [4.69, 9.17) is 9.47 Å². The molecule has 0 aromatic heterocycles. The molecule has 0 spiro atoms. The van der Waals surface area contributed by atoms with E-state index in [1.165, 1.54) is 0 Å². The molecule has 0 unspecified atom stereocenters. The molecule has 1 heterocycles. The van der Waals surface area contributed by atoms with Crippen molar-refractivity contribution in [2.45, 2.75) is 33.3 Å². The van der Waals surface area contributed by atoms with Gasteiger partial charge in [-0.25, -0.2) is 0 Å². The Kier molecular flexibility index (Phi) is 7.49. The first-order valence-corrected chi connectivity index (χ1v) is 13.4. The Morgan fingerprint density at radius 1 is 1.00 bits per heavy atom. The summed E-state index contributed by atoms with van der Waals surface area (Å²) in [6, 6.07) is 13.6. The molecule has 3 rings (SSSR count). The molecule has 5 nitrogen and oxygen atoms in total. The van der Waals surface area contributed by atoms with Gasteiger partial charge in [0.2, 0.25) is 0 Å². The number of aryl methyl sites for hydroxylation is 2. The molecule has 0 aliphatic carbocycles. The van der Waals surface area contributed by atoms with Gasteiger partial charge in [0, 0.05) is 0 Å². The minimum absolute atomic E-state index is 0.00999. The van der Waals surface area contributed by atoms with Crippen LogP contribution >= 0.6 is 7.26 Å². The van der Waals surface area contributed by atoms with Crippen molar-refractivity contribution < 1.29 is 19.1 Å². The number of carbonyl (C=O) groups is 2. The van der Waals surface area contributed by atoms with Crippen LogP contribution < -0.4 is 10.1 Å². The first-order valence-electron chi connectivity index (χ1n) is 10.6. The van der Waals surface area contributed by atoms with Crippen LogP contribution in [0, 0.1) is 13.8 Å². The second-order valence-electron chi connectivity index (χ2n) is 8.39. The molecule has 6 heteroatoms. The number of rotatable bonds is 8. The third-order valence-electron chi connectivity index (χ3n) is 5.97. The van der Waals surface area contributed by atoms with E-state index in [1.807, 2.05) is 56.3 Å². The van der Waals surface area contributed by atoms with Gasteiger partial charge in [0.15, 0.2) is 0 Å². The van der Waals surface area contributed by atoms with Crippen molar-refractivity contribution in [3.63, 3.8) is 0 Å². The zero-order chi connectivity index (χ0) is 21.6. The molecule has 0 saturated carbocycles. The number of hydrogen-bond acceptors (Lipinski definition) is 4. The summed E-state index contributed by atoms with van der Waals surface area (Å²) in [5.41, 5.74) is 3.78. The van der Waals surface area contributed by atoms with Gasteiger partial charge < -0.3 is 0 Å². The zero-order valence-electron chi connectivity index (χ0n) is 18.1. The number of benzene rings is 2. The molecule has 0 atom stereocenters. The van der Waals surface area contributed by atoms with E-state index in [0.717, 1.165) is 53.3 Å². The van der Waals surface area contributed by atoms with E-state index < -0.39 is 7.26 Å². The summed E-state index contributed by atoms with van der Waals surface area (Å²) in [5, 5.41) is 3.10. The van der Waals surface area contributed by atoms with Crippen LogP contribution in [0.1, 0.15) is 29.5 Å². The Morgan fingerprint density at radius 2 is 1.63 bits per heavy atom. The van der Waals surface area contributed by atoms with Gasteiger partial charge in [-0.05, 0) is 0 Å². The van der Waals surface area contributed by atoms with Crippen LogP contribution in [0.15, 0.2) is 42.5 Å². The van der Waals surface area contributed by atoms with Gasteiger partial charge in [0.05, 0.1) is 0 Å². The summed E-state index contributed by atoms with van der Waals surface area (Å²) in [5.74, 6) is 0.624. The second kappa shape index (κ2) is 10.1. The number of hydrogen-bond donors (Lipinski definition) is 1. The molecule has 2 aromatic rings. The topological polar surface area (TPSA) is 64.6 Å². The van der Waals surface area contributed by atoms with Crippen molar-refractivity contribution in [2.75, 3.05) is 37.1 Å². The normalized spacial score (nSPS) is 16.0. The predicted molar refractivity (Wildman–Crippen MR) is 124 cm³/mol. The van der Waals surface area contributed by atoms with Crippen molar-refractivity contribution >= 4 is 24.8 Å². The SMILES string of the molecule is COc1cc(C)c(NC(=O)C[PH]2(CC(=O)OCc3ccccc3)CCCC2)c(C)c1. The van der Waals surface area contributed by atoms with Crippen molar-refractivity contribution in [2.24, 2.45) is 0 Å². The average molecular weight is 429 g/mol. The quantitative estimate of drug-likeness (QED) is 0.494. The average Bonchev–Trinajstić information content (AvgIpc) is 3.17. The maximum atomic E-state index is 12.9. The molecular formula is C24H32NO4P. The molecule has 30 heavy (non-hydrogen) atoms. The van der Waals surface area contributed by atoms with Gasteiger partial charge in [-0.1, -0.05) is 0 Å². The van der Waals surface area contributed by atoms with Crippen molar-refractivity contribution in [3.8, 4) is 5.75 Å². The van der Waals surface area contributed by atoms with E-state index in [-0.39, 0.29) is 11.9 Å². The molecular weight excluding hydrogens is 397 g/mol. The number of ether oxygens (including phenoxy) is 2. The third kappa shape index (κ3) is 5.82. The predicted octanol–water partition coefficient (Wildman–Crippen LogP) is 4.54. The summed E-state index contributed by atoms with van der Waals surface area (Å²) in [4.78, 5) is 25.5. The molecule has 0 bridgehead atoms. The number of methoxy groups -OCH3 is 1. The van der Waals surface area contributed by atoms with Crippen LogP contribution in [0.2, 0.25) is 0 Å². The molecule has 1 fully saturated rings. The van der Waals surface area contributed by atoms with E-state index >= 15 is 0 Å². The minimum atomic E-state index is -2.01. The van der Waals surface area contributed by atoms with Gasteiger partial charge in [0.1, 0.15) is 0 Å². The van der Waals surface area contributed by atoms with Crippen molar-refractivity contribution in [3.05, 3.63) is 59.2 Å². The Hall–Kier alpha value is -2.39. The molecule has 162 valence electrons. The first kappa shape index (κ1) is 22.3. The Labute approximate surface area is 179 Å². The van der Waals surface area contributed by atoms with E-state index in [9.17, 15) is 9.59 Å². The molecule has 1 saturated heterocycles. The monoisotopic (exact) mass is 429 g/mol. The number of nitrogens with one attached hydrogen (secondary N) is 1. The van der Waals surface area contributed by atoms with Crippen molar-refractivity contribution in [1.29, 1.82) is 0 Å². The molecule has 2 aromatic carbocycles. The van der Waals surface area contributed by atoms with Gasteiger partial charge >= 0.3 is 179 Å². The maximum absolute atomic E-state index is 12.9. The second-order valence-corrected chi connectivity index (χ2v) is 13.1. The van der Waals surface area contributed by atoms with Crippen LogP contribution in [0.4, 0.5) is 5.69 Å². The Bertz CT molecular complexity index is 868. The summed E-state index contributed by atoms with van der Waals surface area (Å²) >= 11 is 0. The van der Waals surface area contributed by atoms with Gasteiger partial charge in [-0.2, -0.15) is 0 Å². The molecule has 0 radical (unpaired) electrons. The van der Waals surface area contributed by atoms with Crippen LogP contribution in [0.25, 0.3) is 0 Å². The number of anilines is 1. The van der Waals surface area contributed by atoms with Gasteiger partial charge in [-0.3, -0.25) is 0 Å². The van der Waals surface area contributed by atoms with Crippen molar-refractivity contribution in [1.82, 2.24) is 0 Å². The van der Waals surface area contributed by atoms with Crippen LogP contribution in [-0.2, 0) is 20.9 Å². The van der Waals surface area contributed by atoms with Crippen LogP contribution in [0.3, 0.4) is 0 Å².